The second kappa shape index (κ2) is 10.2. The van der Waals surface area contributed by atoms with E-state index in [0.29, 0.717) is 6.54 Å². The summed E-state index contributed by atoms with van der Waals surface area (Å²) in [4.78, 5) is 17.2. The Kier molecular flexibility index (Phi) is 7.43. The highest BCUT2D eigenvalue weighted by Crippen LogP contribution is 2.15. The fourth-order valence-corrected chi connectivity index (χ4v) is 3.67. The lowest BCUT2D eigenvalue weighted by molar-refractivity contribution is -0.117. The van der Waals surface area contributed by atoms with Crippen LogP contribution in [0.5, 0.6) is 0 Å². The van der Waals surface area contributed by atoms with Crippen LogP contribution < -0.4 is 5.32 Å². The van der Waals surface area contributed by atoms with Gasteiger partial charge >= 0.3 is 0 Å². The van der Waals surface area contributed by atoms with Crippen molar-refractivity contribution in [3.63, 3.8) is 0 Å². The summed E-state index contributed by atoms with van der Waals surface area (Å²) in [5, 5.41) is 3.08. The Morgan fingerprint density at radius 1 is 0.926 bits per heavy atom. The predicted octanol–water partition coefficient (Wildman–Crippen LogP) is 3.44. The third kappa shape index (κ3) is 6.19. The Labute approximate surface area is 163 Å². The number of aryl methyl sites for hydroxylation is 2. The molecule has 2 aromatic rings. The van der Waals surface area contributed by atoms with Crippen molar-refractivity contribution in [2.24, 2.45) is 0 Å². The Bertz CT molecular complexity index is 709. The van der Waals surface area contributed by atoms with E-state index in [9.17, 15) is 4.79 Å². The second-order valence-electron chi connectivity index (χ2n) is 7.27. The van der Waals surface area contributed by atoms with Crippen LogP contribution in [-0.2, 0) is 17.6 Å². The van der Waals surface area contributed by atoms with E-state index in [2.05, 4.69) is 58.4 Å². The maximum absolute atomic E-state index is 12.4. The van der Waals surface area contributed by atoms with E-state index in [1.807, 2.05) is 18.2 Å². The van der Waals surface area contributed by atoms with Gasteiger partial charge in [0.2, 0.25) is 5.91 Å². The molecule has 0 aromatic heterocycles. The molecule has 0 unspecified atom stereocenters. The van der Waals surface area contributed by atoms with Crippen LogP contribution in [0.15, 0.2) is 54.6 Å². The first-order valence-electron chi connectivity index (χ1n) is 10.1. The van der Waals surface area contributed by atoms with E-state index < -0.39 is 0 Å². The molecule has 3 rings (SSSR count). The molecule has 27 heavy (non-hydrogen) atoms. The third-order valence-electron chi connectivity index (χ3n) is 5.29. The van der Waals surface area contributed by atoms with Crippen LogP contribution >= 0.6 is 0 Å². The van der Waals surface area contributed by atoms with Crippen LogP contribution in [0.4, 0.5) is 5.69 Å². The molecule has 1 amide bonds. The molecule has 0 atom stereocenters. The minimum atomic E-state index is 0.0911. The Morgan fingerprint density at radius 2 is 1.59 bits per heavy atom. The Hall–Kier alpha value is -2.17. The number of piperazine rings is 1. The molecule has 1 aliphatic heterocycles. The van der Waals surface area contributed by atoms with Gasteiger partial charge in [-0.2, -0.15) is 0 Å². The summed E-state index contributed by atoms with van der Waals surface area (Å²) in [7, 11) is 0. The zero-order valence-corrected chi connectivity index (χ0v) is 16.4. The molecule has 4 nitrogen and oxygen atoms in total. The number of nitrogens with zero attached hydrogens (tertiary/aromatic N) is 2. The van der Waals surface area contributed by atoms with Crippen molar-refractivity contribution in [3.8, 4) is 0 Å². The van der Waals surface area contributed by atoms with E-state index in [4.69, 9.17) is 0 Å². The van der Waals surface area contributed by atoms with Crippen LogP contribution in [0, 0.1) is 0 Å². The van der Waals surface area contributed by atoms with E-state index in [1.165, 1.54) is 17.5 Å². The Morgan fingerprint density at radius 3 is 2.33 bits per heavy atom. The molecule has 1 aliphatic rings. The standard InChI is InChI=1S/C23H31N3O/c1-2-21-12-6-7-13-22(21)24-23(27)19-26-17-15-25(16-18-26)14-8-11-20-9-4-3-5-10-20/h3-7,9-10,12-13H,2,8,11,14-19H2,1H3,(H,24,27). The van der Waals surface area contributed by atoms with Crippen molar-refractivity contribution in [2.75, 3.05) is 44.6 Å². The number of benzene rings is 2. The minimum absolute atomic E-state index is 0.0911. The van der Waals surface area contributed by atoms with Gasteiger partial charge < -0.3 is 10.2 Å². The normalized spacial score (nSPS) is 15.6. The number of amides is 1. The first-order chi connectivity index (χ1) is 13.2. The van der Waals surface area contributed by atoms with E-state index in [0.717, 1.165) is 51.3 Å². The number of para-hydroxylation sites is 1. The van der Waals surface area contributed by atoms with Crippen molar-refractivity contribution in [1.82, 2.24) is 9.80 Å². The molecule has 0 bridgehead atoms. The summed E-state index contributed by atoms with van der Waals surface area (Å²) < 4.78 is 0. The quantitative estimate of drug-likeness (QED) is 0.778. The van der Waals surface area contributed by atoms with Gasteiger partial charge in [-0.3, -0.25) is 9.69 Å². The number of carbonyl (C=O) groups is 1. The highest BCUT2D eigenvalue weighted by atomic mass is 16.2. The zero-order chi connectivity index (χ0) is 18.9. The largest absolute Gasteiger partial charge is 0.325 e. The summed E-state index contributed by atoms with van der Waals surface area (Å²) in [5.41, 5.74) is 3.55. The van der Waals surface area contributed by atoms with Gasteiger partial charge in [-0.1, -0.05) is 55.5 Å². The highest BCUT2D eigenvalue weighted by Gasteiger charge is 2.19. The molecule has 144 valence electrons. The van der Waals surface area contributed by atoms with Crippen molar-refractivity contribution in [2.45, 2.75) is 26.2 Å². The summed E-state index contributed by atoms with van der Waals surface area (Å²) in [5.74, 6) is 0.0911. The first-order valence-corrected chi connectivity index (χ1v) is 10.1. The zero-order valence-electron chi connectivity index (χ0n) is 16.4. The number of hydrogen-bond donors (Lipinski definition) is 1. The molecule has 1 heterocycles. The van der Waals surface area contributed by atoms with Gasteiger partial charge in [0, 0.05) is 31.9 Å². The van der Waals surface area contributed by atoms with Crippen LogP contribution in [0.2, 0.25) is 0 Å². The van der Waals surface area contributed by atoms with Crippen molar-refractivity contribution in [1.29, 1.82) is 0 Å². The lowest BCUT2D eigenvalue weighted by Gasteiger charge is -2.34. The lowest BCUT2D eigenvalue weighted by Crippen LogP contribution is -2.48. The molecule has 1 fully saturated rings. The fourth-order valence-electron chi connectivity index (χ4n) is 3.67. The van der Waals surface area contributed by atoms with Gasteiger partial charge in [0.1, 0.15) is 0 Å². The number of rotatable bonds is 8. The van der Waals surface area contributed by atoms with Crippen LogP contribution in [0.25, 0.3) is 0 Å². The molecule has 2 aromatic carbocycles. The topological polar surface area (TPSA) is 35.6 Å². The number of anilines is 1. The average molecular weight is 366 g/mol. The van der Waals surface area contributed by atoms with Crippen LogP contribution in [-0.4, -0.2) is 55.0 Å². The molecular formula is C23H31N3O. The van der Waals surface area contributed by atoms with Crippen molar-refractivity contribution >= 4 is 11.6 Å². The molecule has 0 radical (unpaired) electrons. The van der Waals surface area contributed by atoms with E-state index >= 15 is 0 Å². The summed E-state index contributed by atoms with van der Waals surface area (Å²) in [6, 6.07) is 18.7. The van der Waals surface area contributed by atoms with Gasteiger partial charge in [-0.25, -0.2) is 0 Å². The maximum Gasteiger partial charge on any atom is 0.238 e. The smallest absolute Gasteiger partial charge is 0.238 e. The lowest BCUT2D eigenvalue weighted by atomic mass is 10.1. The predicted molar refractivity (Wildman–Crippen MR) is 112 cm³/mol. The maximum atomic E-state index is 12.4. The monoisotopic (exact) mass is 365 g/mol. The molecule has 1 N–H and O–H groups in total. The van der Waals surface area contributed by atoms with E-state index in [1.54, 1.807) is 0 Å². The highest BCUT2D eigenvalue weighted by molar-refractivity contribution is 5.93. The summed E-state index contributed by atoms with van der Waals surface area (Å²) >= 11 is 0. The van der Waals surface area contributed by atoms with Crippen LogP contribution in [0.1, 0.15) is 24.5 Å². The van der Waals surface area contributed by atoms with Gasteiger partial charge in [0.15, 0.2) is 0 Å². The molecule has 1 saturated heterocycles. The minimum Gasteiger partial charge on any atom is -0.325 e. The number of hydrogen-bond acceptors (Lipinski definition) is 3. The van der Waals surface area contributed by atoms with Crippen molar-refractivity contribution < 1.29 is 4.79 Å². The fraction of sp³-hybridized carbons (Fsp3) is 0.435. The summed E-state index contributed by atoms with van der Waals surface area (Å²) in [6.45, 7) is 7.76. The average Bonchev–Trinajstić information content (AvgIpc) is 2.70. The van der Waals surface area contributed by atoms with E-state index in [-0.39, 0.29) is 5.91 Å². The van der Waals surface area contributed by atoms with Gasteiger partial charge in [-0.05, 0) is 43.0 Å². The van der Waals surface area contributed by atoms with Gasteiger partial charge in [0.05, 0.1) is 6.54 Å². The molecular weight excluding hydrogens is 334 g/mol. The third-order valence-corrected chi connectivity index (χ3v) is 5.29. The van der Waals surface area contributed by atoms with Crippen LogP contribution in [0.3, 0.4) is 0 Å². The SMILES string of the molecule is CCc1ccccc1NC(=O)CN1CCN(CCCc2ccccc2)CC1. The van der Waals surface area contributed by atoms with Crippen molar-refractivity contribution in [3.05, 3.63) is 65.7 Å². The molecule has 0 saturated carbocycles. The van der Waals surface area contributed by atoms with Gasteiger partial charge in [0.25, 0.3) is 0 Å². The Balaban J connectivity index is 1.36. The second-order valence-corrected chi connectivity index (χ2v) is 7.27. The number of nitrogens with one attached hydrogen (secondary N) is 1. The van der Waals surface area contributed by atoms with Gasteiger partial charge in [-0.15, -0.1) is 0 Å². The first kappa shape index (κ1) is 19.6. The number of carbonyl (C=O) groups excluding carboxylic acids is 1. The molecule has 0 spiro atoms. The molecule has 0 aliphatic carbocycles. The summed E-state index contributed by atoms with van der Waals surface area (Å²) in [6.07, 6.45) is 3.26. The molecule has 4 heteroatoms.